The Labute approximate surface area is 112 Å². The lowest BCUT2D eigenvalue weighted by Crippen LogP contribution is -2.02. The van der Waals surface area contributed by atoms with Gasteiger partial charge in [0, 0.05) is 25.7 Å². The predicted octanol–water partition coefficient (Wildman–Crippen LogP) is 3.32. The molecule has 0 amide bonds. The molecule has 0 aliphatic rings. The fourth-order valence-corrected chi connectivity index (χ4v) is 3.15. The molecule has 0 aliphatic carbocycles. The third-order valence-electron chi connectivity index (χ3n) is 3.06. The van der Waals surface area contributed by atoms with E-state index in [2.05, 4.69) is 0 Å². The molecule has 1 aromatic heterocycles. The van der Waals surface area contributed by atoms with E-state index < -0.39 is 0 Å². The molecule has 0 unspecified atom stereocenters. The van der Waals surface area contributed by atoms with Gasteiger partial charge in [-0.2, -0.15) is 0 Å². The van der Waals surface area contributed by atoms with E-state index in [4.69, 9.17) is 0 Å². The summed E-state index contributed by atoms with van der Waals surface area (Å²) in [6.07, 6.45) is 0. The van der Waals surface area contributed by atoms with Crippen molar-refractivity contribution >= 4 is 37.3 Å². The molecule has 1 N–H and O–H groups in total. The molecule has 0 saturated heterocycles. The van der Waals surface area contributed by atoms with Crippen LogP contribution >= 0.6 is 11.3 Å². The van der Waals surface area contributed by atoms with Crippen LogP contribution in [0.15, 0.2) is 41.2 Å². The highest BCUT2D eigenvalue weighted by Crippen LogP contribution is 2.27. The Kier molecular flexibility index (Phi) is 2.61. The first kappa shape index (κ1) is 11.9. The van der Waals surface area contributed by atoms with Crippen LogP contribution in [0.3, 0.4) is 0 Å². The Morgan fingerprint density at radius 3 is 2.58 bits per heavy atom. The second kappa shape index (κ2) is 4.17. The molecule has 3 nitrogen and oxygen atoms in total. The summed E-state index contributed by atoms with van der Waals surface area (Å²) in [5.41, 5.74) is 0.482. The number of hydrogen-bond donors (Lipinski definition) is 1. The first-order chi connectivity index (χ1) is 9.06. The van der Waals surface area contributed by atoms with Crippen LogP contribution in [0.2, 0.25) is 0 Å². The minimum absolute atomic E-state index is 0.0210. The maximum Gasteiger partial charge on any atom is 0.196 e. The van der Waals surface area contributed by atoms with Gasteiger partial charge in [0.2, 0.25) is 0 Å². The quantitative estimate of drug-likeness (QED) is 0.545. The van der Waals surface area contributed by atoms with Gasteiger partial charge in [-0.1, -0.05) is 6.07 Å². The summed E-state index contributed by atoms with van der Waals surface area (Å²) in [4.78, 5) is 23.7. The molecular formula is C15H10O3S. The molecular weight excluding hydrogens is 260 g/mol. The highest BCUT2D eigenvalue weighted by molar-refractivity contribution is 7.24. The van der Waals surface area contributed by atoms with Crippen molar-refractivity contribution in [3.8, 4) is 5.75 Å². The third-order valence-corrected chi connectivity index (χ3v) is 4.19. The zero-order chi connectivity index (χ0) is 13.6. The number of Topliss-reactive ketones (excluding diaryl/α,β-unsaturated/α-hetero) is 1. The fourth-order valence-electron chi connectivity index (χ4n) is 2.06. The lowest BCUT2D eigenvalue weighted by molar-refractivity contribution is 0.101. The van der Waals surface area contributed by atoms with E-state index >= 15 is 0 Å². The second-order valence-electron chi connectivity index (χ2n) is 4.38. The van der Waals surface area contributed by atoms with Gasteiger partial charge in [-0.3, -0.25) is 9.59 Å². The lowest BCUT2D eigenvalue weighted by Gasteiger charge is -2.03. The van der Waals surface area contributed by atoms with Crippen molar-refractivity contribution in [2.75, 3.05) is 0 Å². The number of aromatic hydroxyl groups is 1. The Hall–Kier alpha value is -2.20. The van der Waals surface area contributed by atoms with Crippen molar-refractivity contribution in [2.24, 2.45) is 0 Å². The molecule has 0 aliphatic heterocycles. The van der Waals surface area contributed by atoms with Crippen LogP contribution in [-0.2, 0) is 0 Å². The minimum atomic E-state index is -0.116. The van der Waals surface area contributed by atoms with Crippen molar-refractivity contribution < 1.29 is 9.90 Å². The molecule has 94 valence electrons. The van der Waals surface area contributed by atoms with Gasteiger partial charge in [0.15, 0.2) is 11.2 Å². The van der Waals surface area contributed by atoms with E-state index in [9.17, 15) is 14.7 Å². The molecule has 2 aromatic carbocycles. The van der Waals surface area contributed by atoms with Gasteiger partial charge in [-0.05, 0) is 37.3 Å². The molecule has 3 rings (SSSR count). The van der Waals surface area contributed by atoms with E-state index in [0.29, 0.717) is 16.3 Å². The summed E-state index contributed by atoms with van der Waals surface area (Å²) in [6.45, 7) is 1.50. The number of ketones is 1. The summed E-state index contributed by atoms with van der Waals surface area (Å²) < 4.78 is 1.59. The highest BCUT2D eigenvalue weighted by Gasteiger charge is 2.08. The van der Waals surface area contributed by atoms with Crippen LogP contribution in [0, 0.1) is 0 Å². The summed E-state index contributed by atoms with van der Waals surface area (Å²) in [6, 6.07) is 9.83. The van der Waals surface area contributed by atoms with E-state index in [0.717, 1.165) is 9.40 Å². The second-order valence-corrected chi connectivity index (χ2v) is 5.46. The fraction of sp³-hybridized carbons (Fsp3) is 0.0667. The largest absolute Gasteiger partial charge is 0.508 e. The van der Waals surface area contributed by atoms with E-state index in [1.54, 1.807) is 30.3 Å². The zero-order valence-electron chi connectivity index (χ0n) is 10.1. The monoisotopic (exact) mass is 270 g/mol. The van der Waals surface area contributed by atoms with Gasteiger partial charge in [0.25, 0.3) is 0 Å². The normalized spacial score (nSPS) is 11.0. The van der Waals surface area contributed by atoms with Crippen molar-refractivity contribution in [1.82, 2.24) is 0 Å². The van der Waals surface area contributed by atoms with E-state index in [-0.39, 0.29) is 17.0 Å². The minimum Gasteiger partial charge on any atom is -0.508 e. The maximum atomic E-state index is 12.3. The maximum absolute atomic E-state index is 12.3. The molecule has 0 saturated carbocycles. The molecule has 19 heavy (non-hydrogen) atoms. The Balaban J connectivity index is 2.46. The number of hydrogen-bond acceptors (Lipinski definition) is 4. The van der Waals surface area contributed by atoms with Gasteiger partial charge in [-0.15, -0.1) is 11.3 Å². The van der Waals surface area contributed by atoms with Crippen molar-refractivity contribution in [2.45, 2.75) is 6.92 Å². The molecule has 3 aromatic rings. The number of carbonyl (C=O) groups excluding carboxylic acids is 1. The molecule has 0 radical (unpaired) electrons. The Morgan fingerprint density at radius 2 is 1.84 bits per heavy atom. The number of phenolic OH excluding ortho intramolecular Hbond substituents is 1. The zero-order valence-corrected chi connectivity index (χ0v) is 11.0. The van der Waals surface area contributed by atoms with Crippen LogP contribution in [0.5, 0.6) is 5.75 Å². The smallest absolute Gasteiger partial charge is 0.196 e. The van der Waals surface area contributed by atoms with Crippen LogP contribution in [0.1, 0.15) is 17.3 Å². The van der Waals surface area contributed by atoms with Gasteiger partial charge < -0.3 is 5.11 Å². The Bertz CT molecular complexity index is 878. The van der Waals surface area contributed by atoms with Gasteiger partial charge in [0.05, 0.1) is 0 Å². The summed E-state index contributed by atoms with van der Waals surface area (Å²) in [5.74, 6) is 0.0591. The average molecular weight is 270 g/mol. The number of rotatable bonds is 1. The van der Waals surface area contributed by atoms with E-state index in [1.165, 1.54) is 24.3 Å². The van der Waals surface area contributed by atoms with Gasteiger partial charge in [0.1, 0.15) is 5.75 Å². The SMILES string of the molecule is CC(=O)c1ccc2c(=O)c3cc(O)ccc3sc2c1. The summed E-state index contributed by atoms with van der Waals surface area (Å²) in [5, 5.41) is 10.5. The number of benzene rings is 2. The number of fused-ring (bicyclic) bond motifs is 2. The van der Waals surface area contributed by atoms with Crippen LogP contribution in [0.4, 0.5) is 0 Å². The molecule has 0 fully saturated rings. The number of phenols is 1. The average Bonchev–Trinajstić information content (AvgIpc) is 2.39. The summed E-state index contributed by atoms with van der Waals surface area (Å²) in [7, 11) is 0. The van der Waals surface area contributed by atoms with Crippen molar-refractivity contribution in [3.05, 3.63) is 52.2 Å². The first-order valence-corrected chi connectivity index (χ1v) is 6.58. The standard InChI is InChI=1S/C15H10O3S/c1-8(16)9-2-4-11-14(6-9)19-13-5-3-10(17)7-12(13)15(11)18/h2-7,17H,1H3. The van der Waals surface area contributed by atoms with Crippen molar-refractivity contribution in [1.29, 1.82) is 0 Å². The predicted molar refractivity (Wildman–Crippen MR) is 77.3 cm³/mol. The van der Waals surface area contributed by atoms with Gasteiger partial charge in [-0.25, -0.2) is 0 Å². The molecule has 0 atom stereocenters. The van der Waals surface area contributed by atoms with E-state index in [1.807, 2.05) is 0 Å². The van der Waals surface area contributed by atoms with Crippen LogP contribution in [0.25, 0.3) is 20.2 Å². The lowest BCUT2D eigenvalue weighted by atomic mass is 10.1. The molecule has 0 bridgehead atoms. The number of carbonyl (C=O) groups is 1. The van der Waals surface area contributed by atoms with Crippen molar-refractivity contribution in [3.63, 3.8) is 0 Å². The van der Waals surface area contributed by atoms with Crippen LogP contribution < -0.4 is 5.43 Å². The molecule has 1 heterocycles. The Morgan fingerprint density at radius 1 is 1.05 bits per heavy atom. The van der Waals surface area contributed by atoms with Gasteiger partial charge >= 0.3 is 0 Å². The third kappa shape index (κ3) is 1.90. The molecule has 0 spiro atoms. The topological polar surface area (TPSA) is 54.4 Å². The highest BCUT2D eigenvalue weighted by atomic mass is 32.1. The summed E-state index contributed by atoms with van der Waals surface area (Å²) >= 11 is 1.44. The molecule has 4 heteroatoms. The van der Waals surface area contributed by atoms with Crippen LogP contribution in [-0.4, -0.2) is 10.9 Å². The first-order valence-electron chi connectivity index (χ1n) is 5.77.